The largest absolute Gasteiger partial charge is 0.395 e. The molecule has 0 spiro atoms. The van der Waals surface area contributed by atoms with Gasteiger partial charge in [-0.25, -0.2) is 0 Å². The fraction of sp³-hybridized carbons (Fsp3) is 0.562. The zero-order chi connectivity index (χ0) is 15.1. The van der Waals surface area contributed by atoms with Gasteiger partial charge in [-0.05, 0) is 31.4 Å². The van der Waals surface area contributed by atoms with E-state index in [9.17, 15) is 4.79 Å². The van der Waals surface area contributed by atoms with Crippen LogP contribution in [0.2, 0.25) is 0 Å². The predicted molar refractivity (Wildman–Crippen MR) is 83.5 cm³/mol. The number of likely N-dealkylation sites (N-methyl/N-ethyl adjacent to an activating group) is 1. The van der Waals surface area contributed by atoms with E-state index >= 15 is 0 Å². The molecule has 1 saturated heterocycles. The number of ether oxygens (including phenoxy) is 1. The van der Waals surface area contributed by atoms with E-state index in [1.54, 1.807) is 4.90 Å². The molecule has 1 atom stereocenters. The maximum Gasteiger partial charge on any atom is 0.263 e. The maximum absolute atomic E-state index is 12.4. The van der Waals surface area contributed by atoms with E-state index in [0.29, 0.717) is 17.8 Å². The molecule has 0 bridgehead atoms. The molecule has 1 amide bonds. The molecule has 114 valence electrons. The fourth-order valence-electron chi connectivity index (χ4n) is 2.25. The van der Waals surface area contributed by atoms with Gasteiger partial charge in [0.15, 0.2) is 0 Å². The van der Waals surface area contributed by atoms with Crippen LogP contribution in [0.4, 0.5) is 0 Å². The maximum atomic E-state index is 12.4. The molecule has 5 heteroatoms. The smallest absolute Gasteiger partial charge is 0.263 e. The lowest BCUT2D eigenvalue weighted by Gasteiger charge is -2.27. The molecule has 1 aliphatic rings. The summed E-state index contributed by atoms with van der Waals surface area (Å²) in [5, 5.41) is 8.69. The molecule has 1 N–H and O–H groups in total. The third-order valence-corrected chi connectivity index (χ3v) is 4.35. The quantitative estimate of drug-likeness (QED) is 0.867. The molecule has 1 aliphatic heterocycles. The number of nitrogens with zero attached hydrogens (tertiary/aromatic N) is 1. The second-order valence-corrected chi connectivity index (χ2v) is 6.20. The number of amides is 1. The van der Waals surface area contributed by atoms with Gasteiger partial charge >= 0.3 is 0 Å². The highest BCUT2D eigenvalue weighted by atomic mass is 32.1. The van der Waals surface area contributed by atoms with Gasteiger partial charge in [0, 0.05) is 26.6 Å². The Hall–Kier alpha value is -1.35. The van der Waals surface area contributed by atoms with E-state index in [4.69, 9.17) is 9.84 Å². The van der Waals surface area contributed by atoms with E-state index in [2.05, 4.69) is 11.8 Å². The van der Waals surface area contributed by atoms with Crippen LogP contribution in [0.1, 0.15) is 40.2 Å². The lowest BCUT2D eigenvalue weighted by molar-refractivity contribution is -0.0000997. The van der Waals surface area contributed by atoms with Gasteiger partial charge in [0.2, 0.25) is 0 Å². The Morgan fingerprint density at radius 1 is 1.52 bits per heavy atom. The first-order chi connectivity index (χ1) is 10.2. The minimum absolute atomic E-state index is 0.0179. The lowest BCUT2D eigenvalue weighted by atomic mass is 10.1. The number of carbonyl (C=O) groups is 1. The second kappa shape index (κ2) is 8.18. The number of carbonyl (C=O) groups excluding carboxylic acids is 1. The van der Waals surface area contributed by atoms with Gasteiger partial charge in [-0.1, -0.05) is 11.8 Å². The Balaban J connectivity index is 1.91. The van der Waals surface area contributed by atoms with Crippen LogP contribution in [0, 0.1) is 11.8 Å². The molecule has 1 fully saturated rings. The molecule has 0 radical (unpaired) electrons. The Morgan fingerprint density at radius 2 is 2.38 bits per heavy atom. The topological polar surface area (TPSA) is 49.8 Å². The summed E-state index contributed by atoms with van der Waals surface area (Å²) in [5.74, 6) is 5.84. The minimum Gasteiger partial charge on any atom is -0.395 e. The van der Waals surface area contributed by atoms with E-state index in [1.807, 2.05) is 19.2 Å². The van der Waals surface area contributed by atoms with E-state index in [0.717, 1.165) is 24.3 Å². The molecule has 4 nitrogen and oxygen atoms in total. The molecule has 1 unspecified atom stereocenters. The molecule has 0 saturated carbocycles. The minimum atomic E-state index is 0.0179. The highest BCUT2D eigenvalue weighted by Crippen LogP contribution is 2.19. The van der Waals surface area contributed by atoms with Crippen molar-refractivity contribution in [2.45, 2.75) is 31.8 Å². The van der Waals surface area contributed by atoms with Crippen molar-refractivity contribution in [2.75, 3.05) is 26.8 Å². The summed E-state index contributed by atoms with van der Waals surface area (Å²) in [4.78, 5) is 15.6. The SMILES string of the molecule is CN(CC1CCCCO1)C(=O)c1ccc(C#CCCO)s1. The van der Waals surface area contributed by atoms with Crippen molar-refractivity contribution >= 4 is 17.2 Å². The number of aliphatic hydroxyl groups is 1. The van der Waals surface area contributed by atoms with Crippen molar-refractivity contribution in [3.63, 3.8) is 0 Å². The Morgan fingerprint density at radius 3 is 3.10 bits per heavy atom. The third-order valence-electron chi connectivity index (χ3n) is 3.36. The Kier molecular flexibility index (Phi) is 6.24. The summed E-state index contributed by atoms with van der Waals surface area (Å²) in [7, 11) is 1.82. The summed E-state index contributed by atoms with van der Waals surface area (Å²) >= 11 is 1.39. The van der Waals surface area contributed by atoms with Crippen LogP contribution in [-0.4, -0.2) is 48.8 Å². The standard InChI is InChI=1S/C16H21NO3S/c1-17(12-13-6-3-5-11-20-13)16(19)15-9-8-14(21-15)7-2-4-10-18/h8-9,13,18H,3-6,10-12H2,1H3. The number of hydrogen-bond donors (Lipinski definition) is 1. The lowest BCUT2D eigenvalue weighted by Crippen LogP contribution is -2.36. The van der Waals surface area contributed by atoms with Crippen molar-refractivity contribution in [3.8, 4) is 11.8 Å². The average molecular weight is 307 g/mol. The molecule has 1 aromatic rings. The molecule has 2 heterocycles. The molecule has 1 aromatic heterocycles. The van der Waals surface area contributed by atoms with Crippen LogP contribution in [0.25, 0.3) is 0 Å². The first-order valence-corrected chi connectivity index (χ1v) is 8.09. The monoisotopic (exact) mass is 307 g/mol. The second-order valence-electron chi connectivity index (χ2n) is 5.11. The summed E-state index contributed by atoms with van der Waals surface area (Å²) in [6.45, 7) is 1.51. The summed E-state index contributed by atoms with van der Waals surface area (Å²) < 4.78 is 5.67. The van der Waals surface area contributed by atoms with Crippen LogP contribution >= 0.6 is 11.3 Å². The van der Waals surface area contributed by atoms with Crippen molar-refractivity contribution in [1.82, 2.24) is 4.90 Å². The van der Waals surface area contributed by atoms with Gasteiger partial charge in [-0.15, -0.1) is 11.3 Å². The third kappa shape index (κ3) is 4.85. The number of hydrogen-bond acceptors (Lipinski definition) is 4. The van der Waals surface area contributed by atoms with Gasteiger partial charge < -0.3 is 14.7 Å². The highest BCUT2D eigenvalue weighted by molar-refractivity contribution is 7.14. The summed E-state index contributed by atoms with van der Waals surface area (Å²) in [6, 6.07) is 3.67. The summed E-state index contributed by atoms with van der Waals surface area (Å²) in [6.07, 6.45) is 3.95. The van der Waals surface area contributed by atoms with Crippen molar-refractivity contribution < 1.29 is 14.6 Å². The van der Waals surface area contributed by atoms with Gasteiger partial charge in [0.1, 0.15) is 0 Å². The van der Waals surface area contributed by atoms with Crippen LogP contribution in [0.3, 0.4) is 0 Å². The fourth-order valence-corrected chi connectivity index (χ4v) is 3.13. The van der Waals surface area contributed by atoms with E-state index in [1.165, 1.54) is 17.8 Å². The molecule has 21 heavy (non-hydrogen) atoms. The number of rotatable bonds is 4. The molecule has 0 aliphatic carbocycles. The Bertz CT molecular complexity index is 523. The van der Waals surface area contributed by atoms with Gasteiger partial charge in [0.25, 0.3) is 5.91 Å². The molecular formula is C16H21NO3S. The molecule has 2 rings (SSSR count). The van der Waals surface area contributed by atoms with Gasteiger partial charge in [-0.2, -0.15) is 0 Å². The summed E-state index contributed by atoms with van der Waals surface area (Å²) in [5.41, 5.74) is 0. The van der Waals surface area contributed by atoms with E-state index in [-0.39, 0.29) is 18.6 Å². The van der Waals surface area contributed by atoms with Crippen molar-refractivity contribution in [1.29, 1.82) is 0 Å². The Labute approximate surface area is 129 Å². The number of aliphatic hydroxyl groups excluding tert-OH is 1. The normalized spacial score (nSPS) is 17.9. The number of thiophene rings is 1. The van der Waals surface area contributed by atoms with E-state index < -0.39 is 0 Å². The van der Waals surface area contributed by atoms with Crippen LogP contribution in [0.15, 0.2) is 12.1 Å². The first kappa shape index (κ1) is 16.0. The van der Waals surface area contributed by atoms with Crippen molar-refractivity contribution in [3.05, 3.63) is 21.9 Å². The van der Waals surface area contributed by atoms with Crippen LogP contribution in [0.5, 0.6) is 0 Å². The van der Waals surface area contributed by atoms with Crippen LogP contribution < -0.4 is 0 Å². The van der Waals surface area contributed by atoms with Gasteiger partial charge in [0.05, 0.1) is 22.5 Å². The molecule has 0 aromatic carbocycles. The zero-order valence-electron chi connectivity index (χ0n) is 12.3. The van der Waals surface area contributed by atoms with Crippen LogP contribution in [-0.2, 0) is 4.74 Å². The first-order valence-electron chi connectivity index (χ1n) is 7.27. The van der Waals surface area contributed by atoms with Crippen molar-refractivity contribution in [2.24, 2.45) is 0 Å². The molecular weight excluding hydrogens is 286 g/mol. The highest BCUT2D eigenvalue weighted by Gasteiger charge is 2.20. The average Bonchev–Trinajstić information content (AvgIpc) is 2.96. The van der Waals surface area contributed by atoms with Gasteiger partial charge in [-0.3, -0.25) is 4.79 Å². The predicted octanol–water partition coefficient (Wildman–Crippen LogP) is 2.12. The zero-order valence-corrected chi connectivity index (χ0v) is 13.1.